The molecule has 0 amide bonds. The quantitative estimate of drug-likeness (QED) is 0.116. The van der Waals surface area contributed by atoms with Crippen LogP contribution in [-0.2, 0) is 16.9 Å². The summed E-state index contributed by atoms with van der Waals surface area (Å²) in [6.45, 7) is 0. The molecular weight excluding hydrogens is 576 g/mol. The Hall–Kier alpha value is -3.96. The first-order valence-corrected chi connectivity index (χ1v) is 11.1. The summed E-state index contributed by atoms with van der Waals surface area (Å²) < 4.78 is 78.7. The minimum atomic E-state index is -4.71. The molecule has 4 aromatic rings. The van der Waals surface area contributed by atoms with Crippen LogP contribution in [0, 0.1) is 17.5 Å². The van der Waals surface area contributed by atoms with E-state index in [4.69, 9.17) is 22.4 Å². The van der Waals surface area contributed by atoms with E-state index >= 15 is 0 Å². The number of nitrogens with zero attached hydrogens (tertiary/aromatic N) is 3. The van der Waals surface area contributed by atoms with Gasteiger partial charge in [0, 0.05) is 12.6 Å². The maximum absolute atomic E-state index is 14.5. The molecule has 0 aliphatic carbocycles. The second kappa shape index (κ2) is 11.3. The van der Waals surface area contributed by atoms with Crippen molar-refractivity contribution in [1.29, 1.82) is 0 Å². The number of nitrogens with two attached hydrogens (primary N) is 1. The van der Waals surface area contributed by atoms with Gasteiger partial charge < -0.3 is 36.3 Å². The fourth-order valence-electron chi connectivity index (χ4n) is 3.47. The van der Waals surface area contributed by atoms with Crippen molar-refractivity contribution in [2.24, 2.45) is 0 Å². The van der Waals surface area contributed by atoms with Crippen LogP contribution in [0.3, 0.4) is 0 Å². The molecule has 0 radical (unpaired) electrons. The summed E-state index contributed by atoms with van der Waals surface area (Å²) in [7, 11) is 1.42. The number of hydrogen-bond acceptors (Lipinski definition) is 9. The van der Waals surface area contributed by atoms with Crippen molar-refractivity contribution in [2.45, 2.75) is 18.3 Å². The van der Waals surface area contributed by atoms with E-state index in [-0.39, 0.29) is 39.7 Å². The Morgan fingerprint density at radius 2 is 1.75 bits per heavy atom. The highest BCUT2D eigenvalue weighted by Gasteiger charge is 2.34. The van der Waals surface area contributed by atoms with Gasteiger partial charge in [-0.15, -0.1) is 0 Å². The number of nitrogen functional groups attached to an aromatic ring is 1. The Bertz CT molecular complexity index is 1580. The Labute approximate surface area is 224 Å². The zero-order valence-corrected chi connectivity index (χ0v) is 20.6. The van der Waals surface area contributed by atoms with E-state index in [0.717, 1.165) is 10.6 Å². The monoisotopic (exact) mass is 593 g/mol. The number of alkyl halides is 3. The number of nitrogens with one attached hydrogen (secondary N) is 1. The Balaban J connectivity index is 0.000000252. The standard InChI is InChI=1S/C14H12ClF2N5O3.C9H6F4O2/c1-19-6-3-2-5(8(16)9(6)17)10-11-12(18)20-4-7(15)22(11)13(21-10)14(23,24)25;10-7-2-5(8(15)4-14)1-6(3-7)9(11,12)13/h2-4,19,23-25H,1H3,(H2,18,20);1-4,8,15H. The molecule has 0 aliphatic heterocycles. The number of anilines is 2. The summed E-state index contributed by atoms with van der Waals surface area (Å²) in [6.07, 6.45) is -5.36. The van der Waals surface area contributed by atoms with E-state index in [0.29, 0.717) is 18.2 Å². The normalized spacial score (nSPS) is 12.6. The van der Waals surface area contributed by atoms with E-state index in [1.165, 1.54) is 19.2 Å². The number of fused-ring (bicyclic) bond motifs is 1. The highest BCUT2D eigenvalue weighted by Crippen LogP contribution is 2.36. The topological polar surface area (TPSA) is 166 Å². The first-order chi connectivity index (χ1) is 18.5. The maximum atomic E-state index is 14.5. The van der Waals surface area contributed by atoms with E-state index in [2.05, 4.69) is 15.3 Å². The van der Waals surface area contributed by atoms with E-state index in [9.17, 15) is 46.5 Å². The molecule has 7 N–H and O–H groups in total. The second-order valence-corrected chi connectivity index (χ2v) is 8.35. The summed E-state index contributed by atoms with van der Waals surface area (Å²) in [4.78, 5) is 17.7. The summed E-state index contributed by atoms with van der Waals surface area (Å²) >= 11 is 5.95. The Kier molecular flexibility index (Phi) is 8.61. The van der Waals surface area contributed by atoms with Gasteiger partial charge in [-0.3, -0.25) is 4.40 Å². The van der Waals surface area contributed by atoms with Crippen molar-refractivity contribution in [2.75, 3.05) is 18.1 Å². The smallest absolute Gasteiger partial charge is 0.386 e. The summed E-state index contributed by atoms with van der Waals surface area (Å²) in [6, 6.07) is 3.97. The number of aliphatic hydroxyl groups is 4. The lowest BCUT2D eigenvalue weighted by molar-refractivity contribution is -0.329. The number of aliphatic hydroxyl groups excluding tert-OH is 1. The van der Waals surface area contributed by atoms with Crippen molar-refractivity contribution in [3.8, 4) is 11.3 Å². The molecule has 0 saturated carbocycles. The Morgan fingerprint density at radius 3 is 2.30 bits per heavy atom. The number of hydrogen-bond donors (Lipinski definition) is 6. The average Bonchev–Trinajstić information content (AvgIpc) is 3.29. The minimum Gasteiger partial charge on any atom is -0.386 e. The lowest BCUT2D eigenvalue weighted by Crippen LogP contribution is -2.27. The molecule has 0 spiro atoms. The minimum absolute atomic E-state index is 0.0227. The van der Waals surface area contributed by atoms with Crippen molar-refractivity contribution in [1.82, 2.24) is 14.4 Å². The average molecular weight is 594 g/mol. The molecule has 2 heterocycles. The van der Waals surface area contributed by atoms with Crippen molar-refractivity contribution < 1.29 is 51.6 Å². The van der Waals surface area contributed by atoms with Crippen LogP contribution in [0.1, 0.15) is 23.1 Å². The van der Waals surface area contributed by atoms with Crippen LogP contribution in [-0.4, -0.2) is 48.1 Å². The van der Waals surface area contributed by atoms with Crippen molar-refractivity contribution in [3.05, 3.63) is 76.1 Å². The van der Waals surface area contributed by atoms with Crippen LogP contribution < -0.4 is 11.1 Å². The Morgan fingerprint density at radius 1 is 1.10 bits per heavy atom. The molecule has 2 aromatic heterocycles. The van der Waals surface area contributed by atoms with Crippen molar-refractivity contribution >= 4 is 34.9 Å². The van der Waals surface area contributed by atoms with Crippen LogP contribution in [0.2, 0.25) is 5.15 Å². The fraction of sp³-hybridized carbons (Fsp3) is 0.174. The fourth-order valence-corrected chi connectivity index (χ4v) is 3.68. The van der Waals surface area contributed by atoms with Crippen LogP contribution in [0.25, 0.3) is 16.8 Å². The van der Waals surface area contributed by atoms with Crippen molar-refractivity contribution in [3.63, 3.8) is 0 Å². The van der Waals surface area contributed by atoms with Crippen LogP contribution in [0.4, 0.5) is 37.8 Å². The van der Waals surface area contributed by atoms with Gasteiger partial charge in [-0.05, 0) is 35.9 Å². The number of carbonyl (C=O) groups excluding carboxylic acids is 1. The zero-order valence-electron chi connectivity index (χ0n) is 19.9. The summed E-state index contributed by atoms with van der Waals surface area (Å²) in [5.74, 6) is -7.93. The number of benzene rings is 2. The van der Waals surface area contributed by atoms with E-state index in [1.54, 1.807) is 0 Å². The molecular formula is C23H18ClF6N5O5. The molecule has 17 heteroatoms. The first kappa shape index (κ1) is 30.6. The molecule has 4 rings (SSSR count). The van der Waals surface area contributed by atoms with Gasteiger partial charge >= 0.3 is 12.1 Å². The van der Waals surface area contributed by atoms with Gasteiger partial charge in [0.25, 0.3) is 0 Å². The number of aromatic nitrogens is 3. The van der Waals surface area contributed by atoms with Gasteiger partial charge in [0.2, 0.25) is 5.82 Å². The lowest BCUT2D eigenvalue weighted by atomic mass is 10.1. The highest BCUT2D eigenvalue weighted by atomic mass is 35.5. The third-order valence-electron chi connectivity index (χ3n) is 5.27. The molecule has 0 bridgehead atoms. The largest absolute Gasteiger partial charge is 0.416 e. The highest BCUT2D eigenvalue weighted by molar-refractivity contribution is 6.30. The first-order valence-electron chi connectivity index (χ1n) is 10.7. The number of carbonyl (C=O) groups is 1. The van der Waals surface area contributed by atoms with Crippen LogP contribution in [0.5, 0.6) is 0 Å². The summed E-state index contributed by atoms with van der Waals surface area (Å²) in [5, 5.41) is 39.7. The predicted molar refractivity (Wildman–Crippen MR) is 128 cm³/mol. The molecule has 1 atom stereocenters. The summed E-state index contributed by atoms with van der Waals surface area (Å²) in [5.41, 5.74) is 3.28. The molecule has 0 aliphatic rings. The van der Waals surface area contributed by atoms with Gasteiger partial charge in [0.15, 0.2) is 17.9 Å². The molecule has 214 valence electrons. The predicted octanol–water partition coefficient (Wildman–Crippen LogP) is 3.12. The van der Waals surface area contributed by atoms with E-state index in [1.807, 2.05) is 0 Å². The van der Waals surface area contributed by atoms with Gasteiger partial charge in [0.05, 0.1) is 17.4 Å². The van der Waals surface area contributed by atoms with Crippen LogP contribution >= 0.6 is 11.6 Å². The third-order valence-corrected chi connectivity index (χ3v) is 5.54. The lowest BCUT2D eigenvalue weighted by Gasteiger charge is -2.13. The number of imidazole rings is 1. The molecule has 1 unspecified atom stereocenters. The second-order valence-electron chi connectivity index (χ2n) is 7.96. The van der Waals surface area contributed by atoms with Gasteiger partial charge in [-0.2, -0.15) is 13.2 Å². The molecule has 0 saturated heterocycles. The van der Waals surface area contributed by atoms with E-state index < -0.39 is 52.7 Å². The zero-order chi connectivity index (χ0) is 30.2. The number of aldehydes is 1. The third kappa shape index (κ3) is 6.10. The number of halogens is 7. The van der Waals surface area contributed by atoms with Gasteiger partial charge in [0.1, 0.15) is 34.1 Å². The molecule has 40 heavy (non-hydrogen) atoms. The van der Waals surface area contributed by atoms with Gasteiger partial charge in [-0.1, -0.05) is 11.6 Å². The molecule has 10 nitrogen and oxygen atoms in total. The van der Waals surface area contributed by atoms with Crippen LogP contribution in [0.15, 0.2) is 36.5 Å². The maximum Gasteiger partial charge on any atom is 0.416 e. The molecule has 0 fully saturated rings. The molecule has 2 aromatic carbocycles. The SMILES string of the molecule is CNc1ccc(-c2nc(C(O)(O)O)n3c(Cl)cnc(N)c23)c(F)c1F.O=CC(O)c1cc(F)cc(C(F)(F)F)c1. The number of rotatable bonds is 5. The van der Waals surface area contributed by atoms with Gasteiger partial charge in [-0.25, -0.2) is 23.1 Å².